The van der Waals surface area contributed by atoms with Crippen LogP contribution in [0, 0.1) is 5.82 Å². The number of aliphatic carboxylic acids is 1. The number of hydrogen-bond acceptors (Lipinski definition) is 7. The number of carboxylic acids is 2. The van der Waals surface area contributed by atoms with Crippen LogP contribution >= 0.6 is 0 Å². The Morgan fingerprint density at radius 3 is 2.35 bits per heavy atom. The molecule has 1 saturated heterocycles. The van der Waals surface area contributed by atoms with E-state index >= 15 is 0 Å². The summed E-state index contributed by atoms with van der Waals surface area (Å²) >= 11 is 0. The van der Waals surface area contributed by atoms with Gasteiger partial charge < -0.3 is 34.4 Å². The van der Waals surface area contributed by atoms with Crippen molar-refractivity contribution < 1.29 is 34.0 Å². The molecule has 0 amide bonds. The van der Waals surface area contributed by atoms with Gasteiger partial charge in [0.25, 0.3) is 0 Å². The van der Waals surface area contributed by atoms with Gasteiger partial charge in [0.05, 0.1) is 16.9 Å². The average molecular weight is 514 g/mol. The number of hydrogen-bond donors (Lipinski definition) is 3. The first-order chi connectivity index (χ1) is 17.6. The molecule has 196 valence electrons. The van der Waals surface area contributed by atoms with Crippen molar-refractivity contribution in [1.29, 1.82) is 0 Å². The van der Waals surface area contributed by atoms with Gasteiger partial charge in [0.1, 0.15) is 17.9 Å². The summed E-state index contributed by atoms with van der Waals surface area (Å²) in [6.45, 7) is 5.08. The molecule has 5 rings (SSSR count). The number of ether oxygens (including phenoxy) is 1. The smallest absolute Gasteiger partial charge is 0.341 e. The summed E-state index contributed by atoms with van der Waals surface area (Å²) in [5.41, 5.74) is 0.179. The maximum atomic E-state index is 15.0. The van der Waals surface area contributed by atoms with E-state index in [1.165, 1.54) is 6.20 Å². The van der Waals surface area contributed by atoms with Gasteiger partial charge >= 0.3 is 11.9 Å². The zero-order valence-corrected chi connectivity index (χ0v) is 20.4. The summed E-state index contributed by atoms with van der Waals surface area (Å²) in [6.07, 6.45) is -0.0637. The molecule has 1 aromatic heterocycles. The Morgan fingerprint density at radius 1 is 1.11 bits per heavy atom. The number of benzene rings is 2. The molecule has 0 bridgehead atoms. The third kappa shape index (κ3) is 5.13. The maximum Gasteiger partial charge on any atom is 0.341 e. The van der Waals surface area contributed by atoms with Crippen molar-refractivity contribution in [1.82, 2.24) is 9.47 Å². The highest BCUT2D eigenvalue weighted by Crippen LogP contribution is 2.42. The number of aromatic nitrogens is 1. The Labute approximate surface area is 211 Å². The number of aliphatic hydroxyl groups excluding tert-OH is 1. The second kappa shape index (κ2) is 10.6. The van der Waals surface area contributed by atoms with Crippen molar-refractivity contribution in [3.63, 3.8) is 0 Å². The summed E-state index contributed by atoms with van der Waals surface area (Å²) in [5.74, 6) is -2.77. The van der Waals surface area contributed by atoms with Crippen LogP contribution in [0.4, 0.5) is 10.1 Å². The van der Waals surface area contributed by atoms with Gasteiger partial charge in [-0.05, 0) is 25.6 Å². The molecule has 2 aliphatic rings. The monoisotopic (exact) mass is 513 g/mol. The quantitative estimate of drug-likeness (QED) is 0.481. The molecule has 1 fully saturated rings. The highest BCUT2D eigenvalue weighted by atomic mass is 19.1. The normalized spacial score (nSPS) is 17.9. The highest BCUT2D eigenvalue weighted by molar-refractivity contribution is 5.97. The predicted molar refractivity (Wildman–Crippen MR) is 134 cm³/mol. The molecule has 2 atom stereocenters. The Balaban J connectivity index is 0.000000245. The zero-order valence-electron chi connectivity index (χ0n) is 20.4. The molecular formula is C26H28FN3O7. The summed E-state index contributed by atoms with van der Waals surface area (Å²) in [4.78, 5) is 38.3. The molecule has 0 aliphatic carbocycles. The van der Waals surface area contributed by atoms with Crippen molar-refractivity contribution in [3.05, 3.63) is 69.8 Å². The summed E-state index contributed by atoms with van der Waals surface area (Å²) < 4.78 is 22.6. The first-order valence-electron chi connectivity index (χ1n) is 11.8. The van der Waals surface area contributed by atoms with Crippen LogP contribution in [-0.4, -0.2) is 76.6 Å². The van der Waals surface area contributed by atoms with Crippen molar-refractivity contribution in [2.24, 2.45) is 0 Å². The topological polar surface area (TPSA) is 133 Å². The number of likely N-dealkylation sites (N-methyl/N-ethyl adjacent to an activating group) is 1. The molecule has 11 heteroatoms. The first-order valence-corrected chi connectivity index (χ1v) is 11.8. The van der Waals surface area contributed by atoms with E-state index in [0.717, 1.165) is 19.2 Å². The van der Waals surface area contributed by atoms with Crippen LogP contribution in [0.2, 0.25) is 0 Å². The van der Waals surface area contributed by atoms with E-state index < -0.39 is 29.3 Å². The van der Waals surface area contributed by atoms with E-state index in [1.807, 2.05) is 18.9 Å². The lowest BCUT2D eigenvalue weighted by atomic mass is 10.1. The molecule has 2 aromatic carbocycles. The largest absolute Gasteiger partial charge is 0.487 e. The molecule has 3 heterocycles. The van der Waals surface area contributed by atoms with Crippen LogP contribution in [0.15, 0.2) is 47.4 Å². The molecule has 10 nitrogen and oxygen atoms in total. The van der Waals surface area contributed by atoms with Gasteiger partial charge in [0.2, 0.25) is 5.43 Å². The maximum absolute atomic E-state index is 15.0. The summed E-state index contributed by atoms with van der Waals surface area (Å²) in [7, 11) is 2.02. The number of aromatic carboxylic acids is 1. The molecule has 3 aromatic rings. The van der Waals surface area contributed by atoms with Crippen molar-refractivity contribution in [2.75, 3.05) is 44.7 Å². The molecule has 0 radical (unpaired) electrons. The van der Waals surface area contributed by atoms with Gasteiger partial charge in [0, 0.05) is 32.4 Å². The number of carboxylic acid groups (broad SMARTS) is 2. The van der Waals surface area contributed by atoms with E-state index in [9.17, 15) is 23.9 Å². The Kier molecular flexibility index (Phi) is 7.46. The van der Waals surface area contributed by atoms with Crippen molar-refractivity contribution in [2.45, 2.75) is 19.1 Å². The fraction of sp³-hybridized carbons (Fsp3) is 0.346. The third-order valence-corrected chi connectivity index (χ3v) is 6.54. The standard InChI is InChI=1S/C18H20FN3O4.C8H8O3/c1-10-9-26-17-14-11(16(23)12(18(24)25)8-22(10)14)7-13(19)15(17)21-5-3-20(2)4-6-21;9-7(8(10)11)6-4-2-1-3-5-6/h7-8,10H,3-6,9H2,1-2H3,(H,24,25);1-5,7,9H,(H,10,11)/t10-;/m0./s1. The number of piperazine rings is 1. The minimum absolute atomic E-state index is 0.0434. The Hall–Kier alpha value is -3.96. The fourth-order valence-corrected chi connectivity index (χ4v) is 4.47. The number of nitrogens with zero attached hydrogens (tertiary/aromatic N) is 3. The van der Waals surface area contributed by atoms with E-state index in [4.69, 9.17) is 14.9 Å². The van der Waals surface area contributed by atoms with Crippen LogP contribution in [0.5, 0.6) is 5.75 Å². The van der Waals surface area contributed by atoms with Gasteiger partial charge in [-0.1, -0.05) is 30.3 Å². The Morgan fingerprint density at radius 2 is 1.76 bits per heavy atom. The van der Waals surface area contributed by atoms with Crippen LogP contribution in [0.3, 0.4) is 0 Å². The second-order valence-corrected chi connectivity index (χ2v) is 9.12. The summed E-state index contributed by atoms with van der Waals surface area (Å²) in [5, 5.41) is 26.7. The number of carbonyl (C=O) groups is 2. The fourth-order valence-electron chi connectivity index (χ4n) is 4.47. The van der Waals surface area contributed by atoms with Crippen LogP contribution in [0.1, 0.15) is 35.0 Å². The van der Waals surface area contributed by atoms with Gasteiger partial charge in [0.15, 0.2) is 17.7 Å². The number of halogens is 1. The molecule has 37 heavy (non-hydrogen) atoms. The van der Waals surface area contributed by atoms with Crippen LogP contribution < -0.4 is 15.1 Å². The van der Waals surface area contributed by atoms with Crippen LogP contribution in [-0.2, 0) is 4.79 Å². The van der Waals surface area contributed by atoms with E-state index in [1.54, 1.807) is 34.9 Å². The molecule has 0 spiro atoms. The van der Waals surface area contributed by atoms with E-state index in [0.29, 0.717) is 35.6 Å². The predicted octanol–water partition coefficient (Wildman–Crippen LogP) is 2.35. The lowest BCUT2D eigenvalue weighted by Gasteiger charge is -2.37. The summed E-state index contributed by atoms with van der Waals surface area (Å²) in [6, 6.07) is 9.26. The Bertz CT molecular complexity index is 1380. The molecule has 2 aliphatic heterocycles. The number of anilines is 1. The lowest BCUT2D eigenvalue weighted by molar-refractivity contribution is -0.146. The molecule has 3 N–H and O–H groups in total. The van der Waals surface area contributed by atoms with Gasteiger partial charge in [-0.2, -0.15) is 0 Å². The van der Waals surface area contributed by atoms with E-state index in [2.05, 4.69) is 4.90 Å². The SMILES string of the molecule is C[C@H]1COc2c(N3CCN(C)CC3)c(F)cc3c(=O)c(C(=O)O)cn1c23.O=C(O)C(O)c1ccccc1. The van der Waals surface area contributed by atoms with Crippen molar-refractivity contribution in [3.8, 4) is 5.75 Å². The first kappa shape index (κ1) is 26.1. The lowest BCUT2D eigenvalue weighted by Crippen LogP contribution is -2.45. The minimum Gasteiger partial charge on any atom is -0.487 e. The number of aliphatic hydroxyl groups is 1. The zero-order chi connectivity index (χ0) is 26.9. The number of rotatable bonds is 4. The van der Waals surface area contributed by atoms with Gasteiger partial charge in [-0.15, -0.1) is 0 Å². The molecular weight excluding hydrogens is 485 g/mol. The molecule has 0 saturated carbocycles. The molecule has 1 unspecified atom stereocenters. The minimum atomic E-state index is -1.41. The van der Waals surface area contributed by atoms with Gasteiger partial charge in [-0.25, -0.2) is 14.0 Å². The number of pyridine rings is 1. The van der Waals surface area contributed by atoms with Gasteiger partial charge in [-0.3, -0.25) is 4.79 Å². The average Bonchev–Trinajstić information content (AvgIpc) is 2.88. The highest BCUT2D eigenvalue weighted by Gasteiger charge is 2.31. The van der Waals surface area contributed by atoms with E-state index in [-0.39, 0.29) is 23.6 Å². The van der Waals surface area contributed by atoms with Crippen LogP contribution in [0.25, 0.3) is 10.9 Å². The van der Waals surface area contributed by atoms with Crippen molar-refractivity contribution >= 4 is 28.5 Å². The third-order valence-electron chi connectivity index (χ3n) is 6.54. The second-order valence-electron chi connectivity index (χ2n) is 9.12.